The van der Waals surface area contributed by atoms with Crippen molar-refractivity contribution in [3.05, 3.63) is 45.8 Å². The third kappa shape index (κ3) is 2.85. The second-order valence-electron chi connectivity index (χ2n) is 6.68. The zero-order valence-corrected chi connectivity index (χ0v) is 13.9. The minimum atomic E-state index is -0.574. The Bertz CT molecular complexity index is 806. The summed E-state index contributed by atoms with van der Waals surface area (Å²) >= 11 is 0. The Kier molecular flexibility index (Phi) is 4.10. The summed E-state index contributed by atoms with van der Waals surface area (Å²) in [4.78, 5) is 12.3. The van der Waals surface area contributed by atoms with Crippen molar-refractivity contribution < 1.29 is 9.31 Å². The van der Waals surface area contributed by atoms with Crippen molar-refractivity contribution in [2.75, 3.05) is 11.4 Å². The average Bonchev–Trinajstić information content (AvgIpc) is 3.05. The van der Waals surface area contributed by atoms with Crippen LogP contribution in [0.1, 0.15) is 49.8 Å². The monoisotopic (exact) mass is 345 g/mol. The van der Waals surface area contributed by atoms with Crippen molar-refractivity contribution in [2.24, 2.45) is 0 Å². The maximum Gasteiger partial charge on any atom is 0.272 e. The van der Waals surface area contributed by atoms with Crippen LogP contribution in [0.3, 0.4) is 0 Å². The van der Waals surface area contributed by atoms with Gasteiger partial charge in [0.25, 0.3) is 5.69 Å². The molecule has 0 amide bonds. The van der Waals surface area contributed by atoms with E-state index < -0.39 is 10.7 Å². The maximum absolute atomic E-state index is 14.6. The quantitative estimate of drug-likeness (QED) is 0.629. The molecule has 0 radical (unpaired) electrons. The summed E-state index contributed by atoms with van der Waals surface area (Å²) in [5, 5.41) is 19.6. The fraction of sp³-hybridized carbons (Fsp3) is 0.529. The highest BCUT2D eigenvalue weighted by molar-refractivity contribution is 5.54. The number of anilines is 1. The Hall–Kier alpha value is -2.51. The molecule has 1 aromatic carbocycles. The van der Waals surface area contributed by atoms with Gasteiger partial charge < -0.3 is 9.47 Å². The van der Waals surface area contributed by atoms with E-state index in [4.69, 9.17) is 0 Å². The number of hydrogen-bond donors (Lipinski definition) is 0. The van der Waals surface area contributed by atoms with Gasteiger partial charge in [-0.3, -0.25) is 10.1 Å². The zero-order chi connectivity index (χ0) is 17.4. The lowest BCUT2D eigenvalue weighted by atomic mass is 9.99. The van der Waals surface area contributed by atoms with E-state index in [9.17, 15) is 14.5 Å². The molecule has 1 unspecified atom stereocenters. The number of halogens is 1. The molecule has 1 fully saturated rings. The van der Waals surface area contributed by atoms with Crippen LogP contribution in [0, 0.1) is 15.9 Å². The Morgan fingerprint density at radius 1 is 1.16 bits per heavy atom. The minimum absolute atomic E-state index is 0.0379. The van der Waals surface area contributed by atoms with Gasteiger partial charge >= 0.3 is 0 Å². The number of nitro benzene ring substituents is 1. The summed E-state index contributed by atoms with van der Waals surface area (Å²) in [7, 11) is 0. The molecule has 2 aliphatic heterocycles. The number of benzene rings is 1. The normalized spacial score (nSPS) is 20.4. The van der Waals surface area contributed by atoms with Gasteiger partial charge in [0.05, 0.1) is 22.7 Å². The lowest BCUT2D eigenvalue weighted by Crippen LogP contribution is -2.36. The lowest BCUT2D eigenvalue weighted by molar-refractivity contribution is -0.385. The molecule has 4 rings (SSSR count). The van der Waals surface area contributed by atoms with E-state index in [0.29, 0.717) is 12.2 Å². The second-order valence-corrected chi connectivity index (χ2v) is 6.68. The van der Waals surface area contributed by atoms with Crippen LogP contribution in [0.5, 0.6) is 0 Å². The molecule has 2 aromatic rings. The number of nitrogens with zero attached hydrogens (tertiary/aromatic N) is 5. The van der Waals surface area contributed by atoms with Crippen LogP contribution >= 0.6 is 0 Å². The lowest BCUT2D eigenvalue weighted by Gasteiger charge is -2.37. The highest BCUT2D eigenvalue weighted by atomic mass is 19.1. The summed E-state index contributed by atoms with van der Waals surface area (Å²) < 4.78 is 16.7. The molecule has 0 N–H and O–H groups in total. The number of piperidine rings is 1. The molecule has 7 nitrogen and oxygen atoms in total. The summed E-state index contributed by atoms with van der Waals surface area (Å²) in [6, 6.07) is 3.84. The van der Waals surface area contributed by atoms with Crippen LogP contribution in [-0.4, -0.2) is 26.2 Å². The van der Waals surface area contributed by atoms with E-state index in [-0.39, 0.29) is 11.7 Å². The van der Waals surface area contributed by atoms with Gasteiger partial charge in [-0.05, 0) is 38.2 Å². The molecule has 8 heteroatoms. The Morgan fingerprint density at radius 2 is 2.00 bits per heavy atom. The van der Waals surface area contributed by atoms with Crippen molar-refractivity contribution in [3.8, 4) is 0 Å². The van der Waals surface area contributed by atoms with Crippen molar-refractivity contribution in [1.29, 1.82) is 0 Å². The number of nitro groups is 1. The first-order valence-corrected chi connectivity index (χ1v) is 8.77. The molecule has 25 heavy (non-hydrogen) atoms. The van der Waals surface area contributed by atoms with Crippen LogP contribution in [0.2, 0.25) is 0 Å². The summed E-state index contributed by atoms with van der Waals surface area (Å²) in [5.74, 6) is 1.35. The van der Waals surface area contributed by atoms with Crippen LogP contribution < -0.4 is 4.90 Å². The molecule has 3 heterocycles. The average molecular weight is 345 g/mol. The van der Waals surface area contributed by atoms with Crippen molar-refractivity contribution in [1.82, 2.24) is 14.8 Å². The van der Waals surface area contributed by atoms with Crippen LogP contribution in [0.25, 0.3) is 0 Å². The molecule has 1 saturated heterocycles. The van der Waals surface area contributed by atoms with E-state index in [1.807, 2.05) is 4.90 Å². The summed E-state index contributed by atoms with van der Waals surface area (Å²) in [6.07, 6.45) is 6.08. The fourth-order valence-electron chi connectivity index (χ4n) is 3.91. The largest absolute Gasteiger partial charge is 0.359 e. The standard InChI is InChI=1S/C17H20FN5O2/c18-13-11-12(23(24)25)7-8-14(13)21-9-3-1-5-15(21)17-20-19-16-6-2-4-10-22(16)17/h7-8,11,15H,1-6,9-10H2. The molecular formula is C17H20FN5O2. The van der Waals surface area contributed by atoms with Gasteiger partial charge in [0, 0.05) is 25.6 Å². The maximum atomic E-state index is 14.6. The molecule has 0 spiro atoms. The van der Waals surface area contributed by atoms with Gasteiger partial charge in [-0.1, -0.05) is 0 Å². The number of hydrogen-bond acceptors (Lipinski definition) is 5. The number of non-ortho nitro benzene ring substituents is 1. The van der Waals surface area contributed by atoms with Gasteiger partial charge in [-0.25, -0.2) is 4.39 Å². The SMILES string of the molecule is O=[N+]([O-])c1ccc(N2CCCCC2c2nnc3n2CCCC3)c(F)c1. The first-order valence-electron chi connectivity index (χ1n) is 8.77. The van der Waals surface area contributed by atoms with Crippen LogP contribution in [0.4, 0.5) is 15.8 Å². The highest BCUT2D eigenvalue weighted by Gasteiger charge is 2.32. The highest BCUT2D eigenvalue weighted by Crippen LogP contribution is 2.37. The van der Waals surface area contributed by atoms with Crippen molar-refractivity contribution in [2.45, 2.75) is 51.1 Å². The molecular weight excluding hydrogens is 325 g/mol. The van der Waals surface area contributed by atoms with E-state index in [2.05, 4.69) is 14.8 Å². The first kappa shape index (κ1) is 16.0. The van der Waals surface area contributed by atoms with Gasteiger partial charge in [0.15, 0.2) is 11.6 Å². The van der Waals surface area contributed by atoms with Crippen molar-refractivity contribution in [3.63, 3.8) is 0 Å². The third-order valence-electron chi connectivity index (χ3n) is 5.14. The summed E-state index contributed by atoms with van der Waals surface area (Å²) in [6.45, 7) is 1.62. The molecule has 2 aliphatic rings. The molecule has 1 aromatic heterocycles. The predicted molar refractivity (Wildman–Crippen MR) is 90.0 cm³/mol. The van der Waals surface area contributed by atoms with Gasteiger partial charge in [0.1, 0.15) is 5.82 Å². The second kappa shape index (κ2) is 6.42. The Morgan fingerprint density at radius 3 is 2.80 bits per heavy atom. The molecule has 0 bridgehead atoms. The van der Waals surface area contributed by atoms with E-state index in [0.717, 1.165) is 62.8 Å². The van der Waals surface area contributed by atoms with E-state index in [1.54, 1.807) is 0 Å². The smallest absolute Gasteiger partial charge is 0.272 e. The molecule has 0 aliphatic carbocycles. The first-order chi connectivity index (χ1) is 12.1. The summed E-state index contributed by atoms with van der Waals surface area (Å²) in [5.41, 5.74) is 0.179. The van der Waals surface area contributed by atoms with Crippen molar-refractivity contribution >= 4 is 11.4 Å². The zero-order valence-electron chi connectivity index (χ0n) is 13.9. The van der Waals surface area contributed by atoms with E-state index in [1.165, 1.54) is 12.1 Å². The minimum Gasteiger partial charge on any atom is -0.359 e. The van der Waals surface area contributed by atoms with Gasteiger partial charge in [-0.2, -0.15) is 0 Å². The Labute approximate surface area is 144 Å². The predicted octanol–water partition coefficient (Wildman–Crippen LogP) is 3.39. The molecule has 132 valence electrons. The van der Waals surface area contributed by atoms with Gasteiger partial charge in [0.2, 0.25) is 0 Å². The number of fused-ring (bicyclic) bond motifs is 1. The van der Waals surface area contributed by atoms with Crippen LogP contribution in [0.15, 0.2) is 18.2 Å². The Balaban J connectivity index is 1.70. The number of aryl methyl sites for hydroxylation is 1. The van der Waals surface area contributed by atoms with E-state index >= 15 is 0 Å². The number of aromatic nitrogens is 3. The fourth-order valence-corrected chi connectivity index (χ4v) is 3.91. The topological polar surface area (TPSA) is 77.1 Å². The molecule has 0 saturated carbocycles. The van der Waals surface area contributed by atoms with Crippen LogP contribution in [-0.2, 0) is 13.0 Å². The molecule has 1 atom stereocenters. The third-order valence-corrected chi connectivity index (χ3v) is 5.14. The van der Waals surface area contributed by atoms with Gasteiger partial charge in [-0.15, -0.1) is 10.2 Å². The number of rotatable bonds is 3.